The van der Waals surface area contributed by atoms with Crippen molar-refractivity contribution in [1.82, 2.24) is 9.97 Å². The molecule has 2 aromatic rings. The fraction of sp³-hybridized carbons (Fsp3) is 0.286. The second kappa shape index (κ2) is 6.04. The summed E-state index contributed by atoms with van der Waals surface area (Å²) in [6.45, 7) is 2.37. The highest BCUT2D eigenvalue weighted by Crippen LogP contribution is 2.15. The van der Waals surface area contributed by atoms with E-state index in [-0.39, 0.29) is 0 Å². The Morgan fingerprint density at radius 3 is 2.53 bits per heavy atom. The molecule has 0 aliphatic carbocycles. The summed E-state index contributed by atoms with van der Waals surface area (Å²) >= 11 is 0. The summed E-state index contributed by atoms with van der Waals surface area (Å²) in [6.07, 6.45) is 0. The van der Waals surface area contributed by atoms with E-state index in [1.807, 2.05) is 37.3 Å². The van der Waals surface area contributed by atoms with Gasteiger partial charge in [-0.2, -0.15) is 4.98 Å². The third-order valence-corrected chi connectivity index (χ3v) is 2.60. The zero-order valence-electron chi connectivity index (χ0n) is 11.3. The molecule has 0 amide bonds. The molecule has 5 heteroatoms. The van der Waals surface area contributed by atoms with Gasteiger partial charge in [0.25, 0.3) is 0 Å². The first-order valence-corrected chi connectivity index (χ1v) is 6.00. The van der Waals surface area contributed by atoms with Crippen LogP contribution in [-0.2, 0) is 6.61 Å². The number of rotatable bonds is 5. The topological polar surface area (TPSA) is 56.3 Å². The molecule has 19 heavy (non-hydrogen) atoms. The standard InChI is InChI=1S/C14H17N3O2/c1-10-8-13(17-14(15-2)16-10)19-9-11-4-6-12(18-3)7-5-11/h4-8H,9H2,1-3H3,(H,15,16,17). The number of nitrogens with zero attached hydrogens (tertiary/aromatic N) is 2. The maximum atomic E-state index is 5.66. The number of nitrogens with one attached hydrogen (secondary N) is 1. The van der Waals surface area contributed by atoms with E-state index in [4.69, 9.17) is 9.47 Å². The van der Waals surface area contributed by atoms with E-state index in [1.165, 1.54) is 0 Å². The lowest BCUT2D eigenvalue weighted by atomic mass is 10.2. The number of methoxy groups -OCH3 is 1. The summed E-state index contributed by atoms with van der Waals surface area (Å²) in [5, 5.41) is 2.90. The van der Waals surface area contributed by atoms with E-state index >= 15 is 0 Å². The van der Waals surface area contributed by atoms with Gasteiger partial charge in [-0.1, -0.05) is 12.1 Å². The minimum absolute atomic E-state index is 0.462. The van der Waals surface area contributed by atoms with Crippen LogP contribution >= 0.6 is 0 Å². The average molecular weight is 259 g/mol. The van der Waals surface area contributed by atoms with Crippen LogP contribution in [0.3, 0.4) is 0 Å². The monoisotopic (exact) mass is 259 g/mol. The van der Waals surface area contributed by atoms with Crippen molar-refractivity contribution in [1.29, 1.82) is 0 Å². The molecule has 1 aromatic carbocycles. The van der Waals surface area contributed by atoms with Crippen molar-refractivity contribution in [3.05, 3.63) is 41.6 Å². The molecule has 1 aromatic heterocycles. The van der Waals surface area contributed by atoms with Crippen LogP contribution in [0, 0.1) is 6.92 Å². The number of benzene rings is 1. The van der Waals surface area contributed by atoms with Gasteiger partial charge in [-0.25, -0.2) is 4.98 Å². The summed E-state index contributed by atoms with van der Waals surface area (Å²) in [4.78, 5) is 8.44. The zero-order chi connectivity index (χ0) is 13.7. The highest BCUT2D eigenvalue weighted by molar-refractivity contribution is 5.30. The summed E-state index contributed by atoms with van der Waals surface area (Å²) < 4.78 is 10.8. The smallest absolute Gasteiger partial charge is 0.225 e. The molecule has 1 N–H and O–H groups in total. The maximum absolute atomic E-state index is 5.66. The van der Waals surface area contributed by atoms with E-state index < -0.39 is 0 Å². The summed E-state index contributed by atoms with van der Waals surface area (Å²) in [5.74, 6) is 1.96. The molecule has 5 nitrogen and oxygen atoms in total. The Labute approximate surface area is 112 Å². The van der Waals surface area contributed by atoms with Crippen LogP contribution in [0.4, 0.5) is 5.95 Å². The quantitative estimate of drug-likeness (QED) is 0.893. The predicted octanol–water partition coefficient (Wildman–Crippen LogP) is 2.41. The van der Waals surface area contributed by atoms with Gasteiger partial charge < -0.3 is 14.8 Å². The van der Waals surface area contributed by atoms with Crippen molar-refractivity contribution in [2.75, 3.05) is 19.5 Å². The zero-order valence-corrected chi connectivity index (χ0v) is 11.3. The summed E-state index contributed by atoms with van der Waals surface area (Å²) in [6, 6.07) is 9.55. The van der Waals surface area contributed by atoms with E-state index in [1.54, 1.807) is 14.2 Å². The van der Waals surface area contributed by atoms with Crippen LogP contribution in [-0.4, -0.2) is 24.1 Å². The van der Waals surface area contributed by atoms with Gasteiger partial charge in [-0.3, -0.25) is 0 Å². The molecule has 0 unspecified atom stereocenters. The lowest BCUT2D eigenvalue weighted by molar-refractivity contribution is 0.293. The maximum Gasteiger partial charge on any atom is 0.225 e. The van der Waals surface area contributed by atoms with Crippen LogP contribution in [0.25, 0.3) is 0 Å². The van der Waals surface area contributed by atoms with Gasteiger partial charge in [0.15, 0.2) is 0 Å². The molecule has 0 saturated heterocycles. The number of aromatic nitrogens is 2. The Bertz CT molecular complexity index is 541. The van der Waals surface area contributed by atoms with E-state index in [0.717, 1.165) is 17.0 Å². The molecule has 0 spiro atoms. The van der Waals surface area contributed by atoms with Crippen molar-refractivity contribution >= 4 is 5.95 Å². The van der Waals surface area contributed by atoms with Crippen molar-refractivity contribution in [2.45, 2.75) is 13.5 Å². The van der Waals surface area contributed by atoms with Gasteiger partial charge in [-0.05, 0) is 24.6 Å². The van der Waals surface area contributed by atoms with Gasteiger partial charge in [-0.15, -0.1) is 0 Å². The average Bonchev–Trinajstić information content (AvgIpc) is 2.45. The second-order valence-corrected chi connectivity index (χ2v) is 4.06. The molecule has 0 saturated carbocycles. The van der Waals surface area contributed by atoms with Crippen LogP contribution in [0.5, 0.6) is 11.6 Å². The third-order valence-electron chi connectivity index (χ3n) is 2.60. The SMILES string of the molecule is CNc1nc(C)cc(OCc2ccc(OC)cc2)n1. The Kier molecular flexibility index (Phi) is 4.18. The number of ether oxygens (including phenoxy) is 2. The molecule has 1 heterocycles. The molecule has 0 bridgehead atoms. The highest BCUT2D eigenvalue weighted by atomic mass is 16.5. The molecule has 0 atom stereocenters. The lowest BCUT2D eigenvalue weighted by Crippen LogP contribution is -2.02. The summed E-state index contributed by atoms with van der Waals surface area (Å²) in [7, 11) is 3.43. The fourth-order valence-corrected chi connectivity index (χ4v) is 1.60. The molecule has 2 rings (SSSR count). The first-order valence-electron chi connectivity index (χ1n) is 6.00. The van der Waals surface area contributed by atoms with E-state index in [2.05, 4.69) is 15.3 Å². The van der Waals surface area contributed by atoms with Crippen LogP contribution < -0.4 is 14.8 Å². The largest absolute Gasteiger partial charge is 0.497 e. The summed E-state index contributed by atoms with van der Waals surface area (Å²) in [5.41, 5.74) is 1.92. The van der Waals surface area contributed by atoms with E-state index in [0.29, 0.717) is 18.4 Å². The van der Waals surface area contributed by atoms with Crippen molar-refractivity contribution in [2.24, 2.45) is 0 Å². The third kappa shape index (κ3) is 3.58. The Morgan fingerprint density at radius 1 is 1.16 bits per heavy atom. The van der Waals surface area contributed by atoms with Gasteiger partial charge in [0.2, 0.25) is 11.8 Å². The van der Waals surface area contributed by atoms with Crippen LogP contribution in [0.2, 0.25) is 0 Å². The number of hydrogen-bond donors (Lipinski definition) is 1. The van der Waals surface area contributed by atoms with Gasteiger partial charge >= 0.3 is 0 Å². The lowest BCUT2D eigenvalue weighted by Gasteiger charge is -2.08. The van der Waals surface area contributed by atoms with Gasteiger partial charge in [0, 0.05) is 18.8 Å². The first kappa shape index (κ1) is 13.1. The van der Waals surface area contributed by atoms with Crippen molar-refractivity contribution in [3.63, 3.8) is 0 Å². The van der Waals surface area contributed by atoms with E-state index in [9.17, 15) is 0 Å². The van der Waals surface area contributed by atoms with Gasteiger partial charge in [0.05, 0.1) is 7.11 Å². The minimum atomic E-state index is 0.462. The first-order chi connectivity index (χ1) is 9.21. The molecule has 0 fully saturated rings. The minimum Gasteiger partial charge on any atom is -0.497 e. The Balaban J connectivity index is 2.03. The highest BCUT2D eigenvalue weighted by Gasteiger charge is 2.02. The van der Waals surface area contributed by atoms with Crippen LogP contribution in [0.15, 0.2) is 30.3 Å². The molecular formula is C14H17N3O2. The Hall–Kier alpha value is -2.30. The molecular weight excluding hydrogens is 242 g/mol. The van der Waals surface area contributed by atoms with Crippen molar-refractivity contribution < 1.29 is 9.47 Å². The fourth-order valence-electron chi connectivity index (χ4n) is 1.60. The normalized spacial score (nSPS) is 10.1. The number of anilines is 1. The Morgan fingerprint density at radius 2 is 1.89 bits per heavy atom. The second-order valence-electron chi connectivity index (χ2n) is 4.06. The molecule has 0 aliphatic rings. The van der Waals surface area contributed by atoms with Crippen LogP contribution in [0.1, 0.15) is 11.3 Å². The molecule has 100 valence electrons. The molecule has 0 aliphatic heterocycles. The van der Waals surface area contributed by atoms with Gasteiger partial charge in [0.1, 0.15) is 12.4 Å². The predicted molar refractivity (Wildman–Crippen MR) is 73.6 cm³/mol. The van der Waals surface area contributed by atoms with Crippen molar-refractivity contribution in [3.8, 4) is 11.6 Å². The molecule has 0 radical (unpaired) electrons. The number of aryl methyl sites for hydroxylation is 1. The number of hydrogen-bond acceptors (Lipinski definition) is 5.